The second-order valence-corrected chi connectivity index (χ2v) is 2.99. The Morgan fingerprint density at radius 1 is 1.12 bits per heavy atom. The summed E-state index contributed by atoms with van der Waals surface area (Å²) in [5.74, 6) is 0.132. The number of benzene rings is 1. The molecule has 16 heavy (non-hydrogen) atoms. The monoisotopic (exact) mass is 229 g/mol. The first-order chi connectivity index (χ1) is 7.94. The minimum absolute atomic E-state index is 0.00406. The molecule has 2 aromatic rings. The van der Waals surface area contributed by atoms with Gasteiger partial charge in [0.25, 0.3) is 0 Å². The molecule has 0 atom stereocenters. The van der Waals surface area contributed by atoms with Crippen molar-refractivity contribution in [1.82, 2.24) is 0 Å². The Kier molecular flexibility index (Phi) is 2.29. The lowest BCUT2D eigenvalue weighted by atomic mass is 10.2. The first-order valence-electron chi connectivity index (χ1n) is 4.87. The predicted octanol–water partition coefficient (Wildman–Crippen LogP) is 3.85. The van der Waals surface area contributed by atoms with Crippen LogP contribution in [0.5, 0.6) is 5.75 Å². The first kappa shape index (κ1) is 9.33. The molecule has 0 aliphatic heterocycles. The SMILES string of the molecule is [2H]c1ccc(-c2ccc(OC(F)(F)F)cc2)o1. The zero-order chi connectivity index (χ0) is 12.5. The lowest BCUT2D eigenvalue weighted by molar-refractivity contribution is -0.274. The van der Waals surface area contributed by atoms with Crippen molar-refractivity contribution in [2.45, 2.75) is 6.36 Å². The van der Waals surface area contributed by atoms with E-state index in [9.17, 15) is 13.2 Å². The van der Waals surface area contributed by atoms with Gasteiger partial charge in [0, 0.05) is 5.56 Å². The topological polar surface area (TPSA) is 22.4 Å². The van der Waals surface area contributed by atoms with E-state index < -0.39 is 6.36 Å². The maximum atomic E-state index is 11.9. The fraction of sp³-hybridized carbons (Fsp3) is 0.0909. The summed E-state index contributed by atoms with van der Waals surface area (Å²) in [4.78, 5) is 0. The zero-order valence-corrected chi connectivity index (χ0v) is 7.91. The van der Waals surface area contributed by atoms with E-state index in [-0.39, 0.29) is 12.0 Å². The van der Waals surface area contributed by atoms with Crippen LogP contribution in [0, 0.1) is 0 Å². The summed E-state index contributed by atoms with van der Waals surface area (Å²) < 4.78 is 51.6. The van der Waals surface area contributed by atoms with Gasteiger partial charge in [-0.25, -0.2) is 0 Å². The molecule has 84 valence electrons. The number of ether oxygens (including phenoxy) is 1. The van der Waals surface area contributed by atoms with Gasteiger partial charge < -0.3 is 9.15 Å². The highest BCUT2D eigenvalue weighted by atomic mass is 19.4. The highest BCUT2D eigenvalue weighted by molar-refractivity contribution is 5.58. The van der Waals surface area contributed by atoms with Gasteiger partial charge in [0.1, 0.15) is 12.9 Å². The average molecular weight is 229 g/mol. The zero-order valence-electron chi connectivity index (χ0n) is 8.91. The van der Waals surface area contributed by atoms with Gasteiger partial charge in [-0.2, -0.15) is 0 Å². The van der Waals surface area contributed by atoms with E-state index in [1.54, 1.807) is 6.07 Å². The number of alkyl halides is 3. The van der Waals surface area contributed by atoms with Gasteiger partial charge in [0.2, 0.25) is 0 Å². The molecular weight excluding hydrogens is 221 g/mol. The van der Waals surface area contributed by atoms with Crippen LogP contribution in [0.1, 0.15) is 1.37 Å². The molecule has 0 bridgehead atoms. The van der Waals surface area contributed by atoms with Gasteiger partial charge >= 0.3 is 6.36 Å². The van der Waals surface area contributed by atoms with Crippen LogP contribution in [0.25, 0.3) is 11.3 Å². The third kappa shape index (κ3) is 2.56. The summed E-state index contributed by atoms with van der Waals surface area (Å²) >= 11 is 0. The van der Waals surface area contributed by atoms with E-state index >= 15 is 0 Å². The fourth-order valence-electron chi connectivity index (χ4n) is 1.22. The summed E-state index contributed by atoms with van der Waals surface area (Å²) in [6.45, 7) is 0. The van der Waals surface area contributed by atoms with Crippen molar-refractivity contribution in [1.29, 1.82) is 0 Å². The molecule has 0 spiro atoms. The van der Waals surface area contributed by atoms with Crippen molar-refractivity contribution < 1.29 is 23.7 Å². The van der Waals surface area contributed by atoms with Gasteiger partial charge in [-0.15, -0.1) is 13.2 Å². The highest BCUT2D eigenvalue weighted by Gasteiger charge is 2.30. The van der Waals surface area contributed by atoms with E-state index in [2.05, 4.69) is 4.74 Å². The maximum Gasteiger partial charge on any atom is 0.573 e. The normalized spacial score (nSPS) is 12.3. The number of halogens is 3. The fourth-order valence-corrected chi connectivity index (χ4v) is 1.22. The van der Waals surface area contributed by atoms with Crippen molar-refractivity contribution in [2.75, 3.05) is 0 Å². The van der Waals surface area contributed by atoms with Gasteiger partial charge in [-0.3, -0.25) is 0 Å². The summed E-state index contributed by atoms with van der Waals surface area (Å²) in [5.41, 5.74) is 0.582. The molecule has 1 aromatic carbocycles. The first-order valence-corrected chi connectivity index (χ1v) is 4.37. The second-order valence-electron chi connectivity index (χ2n) is 2.99. The van der Waals surface area contributed by atoms with Gasteiger partial charge in [-0.1, -0.05) is 0 Å². The minimum atomic E-state index is -4.69. The van der Waals surface area contributed by atoms with E-state index in [4.69, 9.17) is 5.79 Å². The molecule has 0 saturated heterocycles. The summed E-state index contributed by atoms with van der Waals surface area (Å²) in [6.07, 6.45) is -4.70. The Balaban J connectivity index is 2.19. The lowest BCUT2D eigenvalue weighted by Crippen LogP contribution is -2.16. The van der Waals surface area contributed by atoms with E-state index in [0.717, 1.165) is 0 Å². The van der Waals surface area contributed by atoms with E-state index in [1.165, 1.54) is 30.3 Å². The van der Waals surface area contributed by atoms with Crippen LogP contribution in [-0.4, -0.2) is 6.36 Å². The molecular formula is C11H7F3O2. The number of rotatable bonds is 2. The van der Waals surface area contributed by atoms with Crippen LogP contribution >= 0.6 is 0 Å². The van der Waals surface area contributed by atoms with Crippen LogP contribution in [0.3, 0.4) is 0 Å². The number of hydrogen-bond acceptors (Lipinski definition) is 2. The molecule has 0 N–H and O–H groups in total. The number of hydrogen-bond donors (Lipinski definition) is 0. The van der Waals surface area contributed by atoms with Gasteiger partial charge in [0.05, 0.1) is 6.24 Å². The Bertz CT molecular complexity index is 502. The molecule has 0 unspecified atom stereocenters. The smallest absolute Gasteiger partial charge is 0.464 e. The van der Waals surface area contributed by atoms with Crippen molar-refractivity contribution in [3.8, 4) is 17.1 Å². The van der Waals surface area contributed by atoms with Crippen molar-refractivity contribution in [3.05, 3.63) is 42.6 Å². The van der Waals surface area contributed by atoms with Crippen molar-refractivity contribution in [3.63, 3.8) is 0 Å². The van der Waals surface area contributed by atoms with Crippen LogP contribution in [0.2, 0.25) is 0 Å². The largest absolute Gasteiger partial charge is 0.573 e. The molecule has 0 aliphatic rings. The van der Waals surface area contributed by atoms with Crippen LogP contribution in [0.15, 0.2) is 47.1 Å². The molecule has 0 radical (unpaired) electrons. The van der Waals surface area contributed by atoms with Gasteiger partial charge in [-0.05, 0) is 36.4 Å². The molecule has 1 heterocycles. The Labute approximate surface area is 90.7 Å². The quantitative estimate of drug-likeness (QED) is 0.780. The average Bonchev–Trinajstić information content (AvgIpc) is 2.63. The summed E-state index contributed by atoms with van der Waals surface area (Å²) in [5, 5.41) is 0. The highest BCUT2D eigenvalue weighted by Crippen LogP contribution is 2.26. The summed E-state index contributed by atoms with van der Waals surface area (Å²) in [6, 6.07) is 8.26. The van der Waals surface area contributed by atoms with Gasteiger partial charge in [0.15, 0.2) is 0 Å². The van der Waals surface area contributed by atoms with Crippen molar-refractivity contribution >= 4 is 0 Å². The maximum absolute atomic E-state index is 11.9. The second kappa shape index (κ2) is 3.92. The number of furan rings is 1. The summed E-state index contributed by atoms with van der Waals surface area (Å²) in [7, 11) is 0. The third-order valence-electron chi connectivity index (χ3n) is 1.84. The third-order valence-corrected chi connectivity index (χ3v) is 1.84. The van der Waals surface area contributed by atoms with Crippen LogP contribution < -0.4 is 4.74 Å². The Morgan fingerprint density at radius 2 is 1.81 bits per heavy atom. The van der Waals surface area contributed by atoms with Crippen LogP contribution in [-0.2, 0) is 0 Å². The molecule has 0 fully saturated rings. The molecule has 2 nitrogen and oxygen atoms in total. The molecule has 0 amide bonds. The predicted molar refractivity (Wildman–Crippen MR) is 50.8 cm³/mol. The minimum Gasteiger partial charge on any atom is -0.464 e. The standard InChI is InChI=1S/C11H7F3O2/c12-11(13,14)16-9-5-3-8(4-6-9)10-2-1-7-15-10/h1-7H/i7D. The Hall–Kier alpha value is -1.91. The molecule has 1 aromatic heterocycles. The molecule has 0 saturated carbocycles. The van der Waals surface area contributed by atoms with E-state index in [1.807, 2.05) is 0 Å². The molecule has 2 rings (SSSR count). The molecule has 0 aliphatic carbocycles. The lowest BCUT2D eigenvalue weighted by Gasteiger charge is -2.08. The molecule has 5 heteroatoms. The van der Waals surface area contributed by atoms with Crippen molar-refractivity contribution in [2.24, 2.45) is 0 Å². The van der Waals surface area contributed by atoms with Crippen LogP contribution in [0.4, 0.5) is 13.2 Å². The van der Waals surface area contributed by atoms with E-state index in [0.29, 0.717) is 11.3 Å². The Morgan fingerprint density at radius 3 is 2.31 bits per heavy atom.